The van der Waals surface area contributed by atoms with E-state index in [0.29, 0.717) is 12.1 Å². The monoisotopic (exact) mass is 288 g/mol. The zero-order chi connectivity index (χ0) is 13.8. The standard InChI is InChI=1S/C15H20N4S/c1-12(18-14-6-8-20-9-7-14)13-2-4-15(5-3-13)19-11-16-10-17-19/h2-5,10-12,14,18H,6-9H2,1H3/t12-/m1/s1. The normalized spacial score (nSPS) is 18.1. The van der Waals surface area contributed by atoms with Crippen molar-refractivity contribution >= 4 is 11.8 Å². The second kappa shape index (κ2) is 6.41. The van der Waals surface area contributed by atoms with E-state index in [4.69, 9.17) is 0 Å². The van der Waals surface area contributed by atoms with E-state index in [1.54, 1.807) is 17.3 Å². The molecule has 0 radical (unpaired) electrons. The molecular weight excluding hydrogens is 268 g/mol. The molecule has 4 nitrogen and oxygen atoms in total. The quantitative estimate of drug-likeness (QED) is 0.939. The minimum atomic E-state index is 0.396. The first-order valence-corrected chi connectivity index (χ1v) is 8.27. The van der Waals surface area contributed by atoms with Gasteiger partial charge in [0.15, 0.2) is 0 Å². The van der Waals surface area contributed by atoms with Crippen LogP contribution in [0.2, 0.25) is 0 Å². The summed E-state index contributed by atoms with van der Waals surface area (Å²) in [5.41, 5.74) is 2.37. The number of rotatable bonds is 4. The Hall–Kier alpha value is -1.33. The zero-order valence-corrected chi connectivity index (χ0v) is 12.5. The SMILES string of the molecule is C[C@@H](NC1CCSCC1)c1ccc(-n2cncn2)cc1. The van der Waals surface area contributed by atoms with Gasteiger partial charge < -0.3 is 5.32 Å². The molecular formula is C15H20N4S. The van der Waals surface area contributed by atoms with Crippen molar-refractivity contribution in [2.24, 2.45) is 0 Å². The molecule has 0 unspecified atom stereocenters. The molecule has 2 aromatic rings. The Balaban J connectivity index is 1.64. The highest BCUT2D eigenvalue weighted by Gasteiger charge is 2.16. The fourth-order valence-electron chi connectivity index (χ4n) is 2.57. The molecule has 5 heteroatoms. The largest absolute Gasteiger partial charge is 0.307 e. The summed E-state index contributed by atoms with van der Waals surface area (Å²) >= 11 is 2.07. The van der Waals surface area contributed by atoms with Crippen LogP contribution in [-0.2, 0) is 0 Å². The predicted molar refractivity (Wildman–Crippen MR) is 83.3 cm³/mol. The molecule has 0 aliphatic carbocycles. The lowest BCUT2D eigenvalue weighted by Gasteiger charge is -2.26. The molecule has 1 aliphatic rings. The maximum absolute atomic E-state index is 4.14. The van der Waals surface area contributed by atoms with Gasteiger partial charge in [0.05, 0.1) is 5.69 Å². The average molecular weight is 288 g/mol. The van der Waals surface area contributed by atoms with Crippen molar-refractivity contribution in [3.05, 3.63) is 42.5 Å². The molecule has 1 aromatic carbocycles. The lowest BCUT2D eigenvalue weighted by Crippen LogP contribution is -2.34. The van der Waals surface area contributed by atoms with E-state index >= 15 is 0 Å². The summed E-state index contributed by atoms with van der Waals surface area (Å²) in [6.07, 6.45) is 5.84. The van der Waals surface area contributed by atoms with Gasteiger partial charge >= 0.3 is 0 Å². The van der Waals surface area contributed by atoms with Crippen LogP contribution in [0.3, 0.4) is 0 Å². The molecule has 20 heavy (non-hydrogen) atoms. The molecule has 1 N–H and O–H groups in total. The van der Waals surface area contributed by atoms with Crippen molar-refractivity contribution in [3.8, 4) is 5.69 Å². The lowest BCUT2D eigenvalue weighted by molar-refractivity contribution is 0.431. The van der Waals surface area contributed by atoms with Crippen LogP contribution in [0.5, 0.6) is 0 Å². The van der Waals surface area contributed by atoms with Gasteiger partial charge in [0.2, 0.25) is 0 Å². The maximum atomic E-state index is 4.14. The van der Waals surface area contributed by atoms with E-state index < -0.39 is 0 Å². The van der Waals surface area contributed by atoms with Crippen LogP contribution in [0, 0.1) is 0 Å². The van der Waals surface area contributed by atoms with Crippen molar-refractivity contribution in [3.63, 3.8) is 0 Å². The van der Waals surface area contributed by atoms with Gasteiger partial charge in [-0.1, -0.05) is 12.1 Å². The van der Waals surface area contributed by atoms with E-state index in [1.165, 1.54) is 29.9 Å². The van der Waals surface area contributed by atoms with Crippen LogP contribution < -0.4 is 5.32 Å². The lowest BCUT2D eigenvalue weighted by atomic mass is 10.0. The van der Waals surface area contributed by atoms with Gasteiger partial charge in [0.25, 0.3) is 0 Å². The Bertz CT molecular complexity index is 517. The molecule has 1 fully saturated rings. The molecule has 1 atom stereocenters. The first kappa shape index (κ1) is 13.6. The summed E-state index contributed by atoms with van der Waals surface area (Å²) in [6, 6.07) is 9.60. The van der Waals surface area contributed by atoms with Crippen molar-refractivity contribution in [2.75, 3.05) is 11.5 Å². The third-order valence-electron chi connectivity index (χ3n) is 3.78. The number of thioether (sulfide) groups is 1. The summed E-state index contributed by atoms with van der Waals surface area (Å²) in [5.74, 6) is 2.57. The second-order valence-electron chi connectivity index (χ2n) is 5.21. The van der Waals surface area contributed by atoms with E-state index in [0.717, 1.165) is 5.69 Å². The Labute approximate surface area is 124 Å². The molecule has 1 saturated heterocycles. The highest BCUT2D eigenvalue weighted by atomic mass is 32.2. The van der Waals surface area contributed by atoms with Crippen molar-refractivity contribution in [1.82, 2.24) is 20.1 Å². The molecule has 1 aliphatic heterocycles. The van der Waals surface area contributed by atoms with Crippen molar-refractivity contribution in [2.45, 2.75) is 31.8 Å². The molecule has 0 saturated carbocycles. The van der Waals surface area contributed by atoms with E-state index in [2.05, 4.69) is 58.4 Å². The Morgan fingerprint density at radius 1 is 1.25 bits per heavy atom. The van der Waals surface area contributed by atoms with Gasteiger partial charge in [-0.2, -0.15) is 16.9 Å². The third-order valence-corrected chi connectivity index (χ3v) is 4.83. The van der Waals surface area contributed by atoms with Crippen LogP contribution in [0.25, 0.3) is 5.69 Å². The van der Waals surface area contributed by atoms with E-state index in [1.807, 2.05) is 0 Å². The molecule has 3 rings (SSSR count). The number of hydrogen-bond donors (Lipinski definition) is 1. The highest BCUT2D eigenvalue weighted by Crippen LogP contribution is 2.21. The summed E-state index contributed by atoms with van der Waals surface area (Å²) in [5, 5.41) is 7.88. The van der Waals surface area contributed by atoms with Crippen LogP contribution in [0.4, 0.5) is 0 Å². The Kier molecular flexibility index (Phi) is 4.38. The van der Waals surface area contributed by atoms with Gasteiger partial charge in [-0.25, -0.2) is 9.67 Å². The number of benzene rings is 1. The number of nitrogens with one attached hydrogen (secondary N) is 1. The van der Waals surface area contributed by atoms with Gasteiger partial charge in [-0.3, -0.25) is 0 Å². The third kappa shape index (κ3) is 3.22. The number of hydrogen-bond acceptors (Lipinski definition) is 4. The van der Waals surface area contributed by atoms with Crippen LogP contribution >= 0.6 is 11.8 Å². The Morgan fingerprint density at radius 3 is 2.65 bits per heavy atom. The summed E-state index contributed by atoms with van der Waals surface area (Å²) in [7, 11) is 0. The molecule has 0 spiro atoms. The topological polar surface area (TPSA) is 42.7 Å². The molecule has 1 aromatic heterocycles. The van der Waals surface area contributed by atoms with Gasteiger partial charge in [-0.15, -0.1) is 0 Å². The minimum Gasteiger partial charge on any atom is -0.307 e. The van der Waals surface area contributed by atoms with Gasteiger partial charge in [0, 0.05) is 12.1 Å². The minimum absolute atomic E-state index is 0.396. The second-order valence-corrected chi connectivity index (χ2v) is 6.43. The summed E-state index contributed by atoms with van der Waals surface area (Å²) in [4.78, 5) is 3.97. The van der Waals surface area contributed by atoms with Gasteiger partial charge in [-0.05, 0) is 49.0 Å². The molecule has 0 amide bonds. The van der Waals surface area contributed by atoms with E-state index in [9.17, 15) is 0 Å². The van der Waals surface area contributed by atoms with Gasteiger partial charge in [0.1, 0.15) is 12.7 Å². The molecule has 0 bridgehead atoms. The molecule has 2 heterocycles. The zero-order valence-electron chi connectivity index (χ0n) is 11.7. The summed E-state index contributed by atoms with van der Waals surface area (Å²) in [6.45, 7) is 2.24. The first-order chi connectivity index (χ1) is 9.83. The molecule has 106 valence electrons. The number of aromatic nitrogens is 3. The van der Waals surface area contributed by atoms with Crippen molar-refractivity contribution in [1.29, 1.82) is 0 Å². The fraction of sp³-hybridized carbons (Fsp3) is 0.467. The highest BCUT2D eigenvalue weighted by molar-refractivity contribution is 7.99. The maximum Gasteiger partial charge on any atom is 0.138 e. The van der Waals surface area contributed by atoms with Crippen LogP contribution in [0.1, 0.15) is 31.4 Å². The predicted octanol–water partition coefficient (Wildman–Crippen LogP) is 2.81. The average Bonchev–Trinajstić information content (AvgIpc) is 3.03. The smallest absolute Gasteiger partial charge is 0.138 e. The van der Waals surface area contributed by atoms with E-state index in [-0.39, 0.29) is 0 Å². The first-order valence-electron chi connectivity index (χ1n) is 7.11. The van der Waals surface area contributed by atoms with Crippen LogP contribution in [-0.4, -0.2) is 32.3 Å². The number of nitrogens with zero attached hydrogens (tertiary/aromatic N) is 3. The van der Waals surface area contributed by atoms with Crippen molar-refractivity contribution < 1.29 is 0 Å². The Morgan fingerprint density at radius 2 is 2.00 bits per heavy atom. The van der Waals surface area contributed by atoms with Crippen LogP contribution in [0.15, 0.2) is 36.9 Å². The fourth-order valence-corrected chi connectivity index (χ4v) is 3.68. The summed E-state index contributed by atoms with van der Waals surface area (Å²) < 4.78 is 1.78.